The number of amides is 1. The standard InChI is InChI=1S/C17H23F3N2O2/c1-16(2,3)24-15(23)22-9-8-12(11-22)10-21-14-6-4-13(5-7-14)17(18,19)20/h4-7,12,21H,8-11H2,1-3H3/t12-/m1/s1. The largest absolute Gasteiger partial charge is 0.444 e. The van der Waals surface area contributed by atoms with Crippen LogP contribution in [0.1, 0.15) is 32.8 Å². The number of carbonyl (C=O) groups excluding carboxylic acids is 1. The fourth-order valence-electron chi connectivity index (χ4n) is 2.53. The van der Waals surface area contributed by atoms with Crippen molar-refractivity contribution in [3.05, 3.63) is 29.8 Å². The van der Waals surface area contributed by atoms with Crippen LogP contribution in [0.15, 0.2) is 24.3 Å². The van der Waals surface area contributed by atoms with E-state index >= 15 is 0 Å². The van der Waals surface area contributed by atoms with Crippen LogP contribution in [-0.2, 0) is 10.9 Å². The number of rotatable bonds is 3. The molecule has 1 aliphatic rings. The van der Waals surface area contributed by atoms with Gasteiger partial charge < -0.3 is 15.0 Å². The summed E-state index contributed by atoms with van der Waals surface area (Å²) < 4.78 is 42.9. The van der Waals surface area contributed by atoms with E-state index in [1.807, 2.05) is 20.8 Å². The number of hydrogen-bond donors (Lipinski definition) is 1. The van der Waals surface area contributed by atoms with Gasteiger partial charge >= 0.3 is 12.3 Å². The fraction of sp³-hybridized carbons (Fsp3) is 0.588. The number of alkyl halides is 3. The second kappa shape index (κ2) is 6.91. The molecule has 1 atom stereocenters. The number of nitrogens with one attached hydrogen (secondary N) is 1. The molecule has 0 bridgehead atoms. The van der Waals surface area contributed by atoms with Crippen LogP contribution >= 0.6 is 0 Å². The third-order valence-corrected chi connectivity index (χ3v) is 3.74. The van der Waals surface area contributed by atoms with Crippen molar-refractivity contribution in [1.82, 2.24) is 4.90 Å². The lowest BCUT2D eigenvalue weighted by molar-refractivity contribution is -0.137. The average Bonchev–Trinajstić information content (AvgIpc) is 2.92. The van der Waals surface area contributed by atoms with Crippen LogP contribution in [0.25, 0.3) is 0 Å². The summed E-state index contributed by atoms with van der Waals surface area (Å²) >= 11 is 0. The summed E-state index contributed by atoms with van der Waals surface area (Å²) in [6.45, 7) is 7.29. The van der Waals surface area contributed by atoms with E-state index in [-0.39, 0.29) is 12.0 Å². The molecule has 0 unspecified atom stereocenters. The van der Waals surface area contributed by atoms with E-state index in [4.69, 9.17) is 4.74 Å². The van der Waals surface area contributed by atoms with E-state index in [0.717, 1.165) is 18.6 Å². The molecule has 7 heteroatoms. The molecule has 1 saturated heterocycles. The molecule has 1 aromatic rings. The Hall–Kier alpha value is -1.92. The molecule has 0 spiro atoms. The third-order valence-electron chi connectivity index (χ3n) is 3.74. The Morgan fingerprint density at radius 3 is 2.42 bits per heavy atom. The van der Waals surface area contributed by atoms with E-state index < -0.39 is 17.3 Å². The maximum absolute atomic E-state index is 12.5. The summed E-state index contributed by atoms with van der Waals surface area (Å²) in [4.78, 5) is 13.7. The quantitative estimate of drug-likeness (QED) is 0.885. The predicted octanol–water partition coefficient (Wildman–Crippen LogP) is 4.37. The van der Waals surface area contributed by atoms with Crippen molar-refractivity contribution >= 4 is 11.8 Å². The fourth-order valence-corrected chi connectivity index (χ4v) is 2.53. The molecule has 1 aliphatic heterocycles. The van der Waals surface area contributed by atoms with Gasteiger partial charge in [-0.3, -0.25) is 0 Å². The molecule has 2 rings (SSSR count). The average molecular weight is 344 g/mol. The third kappa shape index (κ3) is 5.32. The van der Waals surface area contributed by atoms with Crippen molar-refractivity contribution in [1.29, 1.82) is 0 Å². The number of likely N-dealkylation sites (tertiary alicyclic amines) is 1. The number of ether oxygens (including phenoxy) is 1. The van der Waals surface area contributed by atoms with Gasteiger partial charge in [0.25, 0.3) is 0 Å². The lowest BCUT2D eigenvalue weighted by atomic mass is 10.1. The molecule has 4 nitrogen and oxygen atoms in total. The monoisotopic (exact) mass is 344 g/mol. The van der Waals surface area contributed by atoms with E-state index in [0.29, 0.717) is 25.3 Å². The van der Waals surface area contributed by atoms with Crippen molar-refractivity contribution in [2.75, 3.05) is 25.0 Å². The van der Waals surface area contributed by atoms with Crippen LogP contribution in [-0.4, -0.2) is 36.2 Å². The molecule has 1 heterocycles. The molecule has 24 heavy (non-hydrogen) atoms. The second-order valence-electron chi connectivity index (χ2n) is 7.04. The van der Waals surface area contributed by atoms with Gasteiger partial charge in [0, 0.05) is 25.3 Å². The molecule has 0 saturated carbocycles. The molecule has 0 aromatic heterocycles. The normalized spacial score (nSPS) is 18.6. The summed E-state index contributed by atoms with van der Waals surface area (Å²) in [5.74, 6) is 0.250. The highest BCUT2D eigenvalue weighted by atomic mass is 19.4. The van der Waals surface area contributed by atoms with Crippen LogP contribution in [0.5, 0.6) is 0 Å². The highest BCUT2D eigenvalue weighted by Gasteiger charge is 2.31. The summed E-state index contributed by atoms with van der Waals surface area (Å²) in [6.07, 6.45) is -3.80. The van der Waals surface area contributed by atoms with Gasteiger partial charge in [0.15, 0.2) is 0 Å². The first kappa shape index (κ1) is 18.4. The smallest absolute Gasteiger partial charge is 0.416 e. The van der Waals surface area contributed by atoms with Crippen LogP contribution in [0.2, 0.25) is 0 Å². The predicted molar refractivity (Wildman–Crippen MR) is 85.8 cm³/mol. The molecule has 0 aliphatic carbocycles. The van der Waals surface area contributed by atoms with Crippen molar-refractivity contribution in [3.63, 3.8) is 0 Å². The first-order valence-corrected chi connectivity index (χ1v) is 7.94. The van der Waals surface area contributed by atoms with Gasteiger partial charge in [-0.15, -0.1) is 0 Å². The number of hydrogen-bond acceptors (Lipinski definition) is 3. The van der Waals surface area contributed by atoms with Gasteiger partial charge in [-0.1, -0.05) is 0 Å². The van der Waals surface area contributed by atoms with Crippen LogP contribution in [0.3, 0.4) is 0 Å². The lowest BCUT2D eigenvalue weighted by Gasteiger charge is -2.24. The van der Waals surface area contributed by atoms with Gasteiger partial charge in [-0.05, 0) is 57.4 Å². The zero-order valence-corrected chi connectivity index (χ0v) is 14.1. The number of anilines is 1. The minimum Gasteiger partial charge on any atom is -0.444 e. The number of nitrogens with zero attached hydrogens (tertiary/aromatic N) is 1. The van der Waals surface area contributed by atoms with Gasteiger partial charge in [0.1, 0.15) is 5.60 Å². The van der Waals surface area contributed by atoms with E-state index in [9.17, 15) is 18.0 Å². The zero-order chi connectivity index (χ0) is 18.0. The first-order chi connectivity index (χ1) is 11.0. The lowest BCUT2D eigenvalue weighted by Crippen LogP contribution is -2.35. The van der Waals surface area contributed by atoms with Crippen LogP contribution in [0, 0.1) is 5.92 Å². The molecule has 1 fully saturated rings. The summed E-state index contributed by atoms with van der Waals surface area (Å²) in [6, 6.07) is 4.96. The zero-order valence-electron chi connectivity index (χ0n) is 14.1. The van der Waals surface area contributed by atoms with Gasteiger partial charge in [-0.25, -0.2) is 4.79 Å². The number of halogens is 3. The Morgan fingerprint density at radius 1 is 1.25 bits per heavy atom. The molecular weight excluding hydrogens is 321 g/mol. The molecule has 0 radical (unpaired) electrons. The van der Waals surface area contributed by atoms with Gasteiger partial charge in [0.2, 0.25) is 0 Å². The highest BCUT2D eigenvalue weighted by molar-refractivity contribution is 5.68. The minimum absolute atomic E-state index is 0.250. The Balaban J connectivity index is 1.81. The van der Waals surface area contributed by atoms with E-state index in [2.05, 4.69) is 5.32 Å². The maximum atomic E-state index is 12.5. The van der Waals surface area contributed by atoms with Gasteiger partial charge in [-0.2, -0.15) is 13.2 Å². The molecule has 1 N–H and O–H groups in total. The molecular formula is C17H23F3N2O2. The van der Waals surface area contributed by atoms with Crippen molar-refractivity contribution in [3.8, 4) is 0 Å². The molecule has 1 amide bonds. The first-order valence-electron chi connectivity index (χ1n) is 7.94. The van der Waals surface area contributed by atoms with E-state index in [1.165, 1.54) is 12.1 Å². The number of benzene rings is 1. The van der Waals surface area contributed by atoms with Gasteiger partial charge in [0.05, 0.1) is 5.56 Å². The Morgan fingerprint density at radius 2 is 1.88 bits per heavy atom. The molecule has 1 aromatic carbocycles. The second-order valence-corrected chi connectivity index (χ2v) is 7.04. The Bertz CT molecular complexity index is 565. The number of carbonyl (C=O) groups is 1. The van der Waals surface area contributed by atoms with Crippen molar-refractivity contribution in [2.24, 2.45) is 5.92 Å². The summed E-state index contributed by atoms with van der Waals surface area (Å²) in [5.41, 5.74) is -0.545. The SMILES string of the molecule is CC(C)(C)OC(=O)N1CC[C@H](CNc2ccc(C(F)(F)F)cc2)C1. The highest BCUT2D eigenvalue weighted by Crippen LogP contribution is 2.30. The van der Waals surface area contributed by atoms with E-state index in [1.54, 1.807) is 4.90 Å². The topological polar surface area (TPSA) is 41.6 Å². The van der Waals surface area contributed by atoms with Crippen LogP contribution in [0.4, 0.5) is 23.7 Å². The van der Waals surface area contributed by atoms with Crippen molar-refractivity contribution in [2.45, 2.75) is 39.0 Å². The maximum Gasteiger partial charge on any atom is 0.416 e. The van der Waals surface area contributed by atoms with Crippen molar-refractivity contribution < 1.29 is 22.7 Å². The summed E-state index contributed by atoms with van der Waals surface area (Å²) in [5, 5.41) is 3.13. The molecule has 134 valence electrons. The van der Waals surface area contributed by atoms with Crippen LogP contribution < -0.4 is 5.32 Å². The summed E-state index contributed by atoms with van der Waals surface area (Å²) in [7, 11) is 0. The Kier molecular flexibility index (Phi) is 5.30. The Labute approximate surface area is 140 Å². The minimum atomic E-state index is -4.32.